The number of ether oxygens (including phenoxy) is 1. The summed E-state index contributed by atoms with van der Waals surface area (Å²) in [6.07, 6.45) is 3.11. The largest absolute Gasteiger partial charge is 0.468 e. The first-order chi connectivity index (χ1) is 6.53. The van der Waals surface area contributed by atoms with E-state index in [1.165, 1.54) is 7.11 Å². The van der Waals surface area contributed by atoms with E-state index in [9.17, 15) is 4.79 Å². The number of nitrogens with one attached hydrogen (secondary N) is 1. The van der Waals surface area contributed by atoms with Gasteiger partial charge in [0.1, 0.15) is 5.54 Å². The average Bonchev–Trinajstić information content (AvgIpc) is 2.47. The molecule has 0 aliphatic heterocycles. The molecule has 0 radical (unpaired) electrons. The normalized spacial score (nSPS) is 32.2. The maximum Gasteiger partial charge on any atom is 0.326 e. The van der Waals surface area contributed by atoms with Gasteiger partial charge >= 0.3 is 5.97 Å². The van der Waals surface area contributed by atoms with Crippen LogP contribution >= 0.6 is 0 Å². The molecule has 1 saturated carbocycles. The molecule has 2 unspecified atom stereocenters. The molecule has 1 aliphatic carbocycles. The second-order valence-electron chi connectivity index (χ2n) is 4.56. The molecule has 0 spiro atoms. The molecule has 0 aromatic rings. The minimum Gasteiger partial charge on any atom is -0.468 e. The van der Waals surface area contributed by atoms with Crippen LogP contribution in [-0.4, -0.2) is 24.7 Å². The van der Waals surface area contributed by atoms with Crippen LogP contribution in [0.4, 0.5) is 0 Å². The lowest BCUT2D eigenvalue weighted by atomic mass is 9.87. The molecule has 0 aromatic heterocycles. The summed E-state index contributed by atoms with van der Waals surface area (Å²) in [7, 11) is 1.47. The molecular formula is C11H21NO2. The smallest absolute Gasteiger partial charge is 0.326 e. The lowest BCUT2D eigenvalue weighted by Gasteiger charge is -2.33. The molecule has 0 aromatic carbocycles. The highest BCUT2D eigenvalue weighted by Crippen LogP contribution is 2.36. The van der Waals surface area contributed by atoms with Gasteiger partial charge in [-0.3, -0.25) is 10.1 Å². The lowest BCUT2D eigenvalue weighted by molar-refractivity contribution is -0.150. The van der Waals surface area contributed by atoms with Gasteiger partial charge in [-0.2, -0.15) is 0 Å². The highest BCUT2D eigenvalue weighted by molar-refractivity contribution is 5.81. The molecule has 0 heterocycles. The van der Waals surface area contributed by atoms with Crippen molar-refractivity contribution in [1.82, 2.24) is 5.32 Å². The van der Waals surface area contributed by atoms with Crippen molar-refractivity contribution in [3.8, 4) is 0 Å². The number of esters is 1. The summed E-state index contributed by atoms with van der Waals surface area (Å²) in [4.78, 5) is 11.8. The number of carbonyl (C=O) groups is 1. The molecule has 82 valence electrons. The van der Waals surface area contributed by atoms with Crippen LogP contribution in [0.25, 0.3) is 0 Å². The minimum atomic E-state index is -0.428. The summed E-state index contributed by atoms with van der Waals surface area (Å²) in [5, 5.41) is 3.38. The van der Waals surface area contributed by atoms with Crippen LogP contribution in [0.3, 0.4) is 0 Å². The van der Waals surface area contributed by atoms with Gasteiger partial charge in [-0.05, 0) is 32.6 Å². The molecule has 1 rings (SSSR count). The van der Waals surface area contributed by atoms with Crippen molar-refractivity contribution in [2.75, 3.05) is 7.11 Å². The van der Waals surface area contributed by atoms with Crippen LogP contribution in [0.15, 0.2) is 0 Å². The Hall–Kier alpha value is -0.570. The Kier molecular flexibility index (Phi) is 3.53. The zero-order chi connectivity index (χ0) is 10.8. The predicted octanol–water partition coefficient (Wildman–Crippen LogP) is 1.72. The summed E-state index contributed by atoms with van der Waals surface area (Å²) >= 11 is 0. The van der Waals surface area contributed by atoms with Gasteiger partial charge in [0, 0.05) is 6.04 Å². The Labute approximate surface area is 86.2 Å². The average molecular weight is 199 g/mol. The standard InChI is InChI=1S/C11H21NO2/c1-8(2)12-11(10(13)14-4)7-5-6-9(11)3/h8-9,12H,5-7H2,1-4H3. The van der Waals surface area contributed by atoms with E-state index >= 15 is 0 Å². The Bertz CT molecular complexity index is 215. The van der Waals surface area contributed by atoms with Crippen LogP contribution in [0.5, 0.6) is 0 Å². The highest BCUT2D eigenvalue weighted by Gasteiger charge is 2.47. The summed E-state index contributed by atoms with van der Waals surface area (Å²) in [5.41, 5.74) is -0.428. The van der Waals surface area contributed by atoms with Gasteiger partial charge in [-0.25, -0.2) is 0 Å². The summed E-state index contributed by atoms with van der Waals surface area (Å²) in [5.74, 6) is 0.272. The van der Waals surface area contributed by atoms with Crippen molar-refractivity contribution < 1.29 is 9.53 Å². The second kappa shape index (κ2) is 4.30. The molecular weight excluding hydrogens is 178 g/mol. The van der Waals surface area contributed by atoms with E-state index in [0.717, 1.165) is 19.3 Å². The van der Waals surface area contributed by atoms with Crippen molar-refractivity contribution >= 4 is 5.97 Å². The summed E-state index contributed by atoms with van der Waals surface area (Å²) in [6, 6.07) is 0.314. The third-order valence-corrected chi connectivity index (χ3v) is 3.15. The quantitative estimate of drug-likeness (QED) is 0.703. The summed E-state index contributed by atoms with van der Waals surface area (Å²) in [6.45, 7) is 6.25. The van der Waals surface area contributed by atoms with E-state index in [1.54, 1.807) is 0 Å². The first-order valence-corrected chi connectivity index (χ1v) is 5.39. The fourth-order valence-electron chi connectivity index (χ4n) is 2.45. The first kappa shape index (κ1) is 11.5. The van der Waals surface area contributed by atoms with E-state index in [-0.39, 0.29) is 5.97 Å². The van der Waals surface area contributed by atoms with E-state index in [0.29, 0.717) is 12.0 Å². The first-order valence-electron chi connectivity index (χ1n) is 5.39. The number of carbonyl (C=O) groups excluding carboxylic acids is 1. The molecule has 1 aliphatic rings. The Morgan fingerprint density at radius 1 is 1.57 bits per heavy atom. The summed E-state index contributed by atoms with van der Waals surface area (Å²) < 4.78 is 4.91. The molecule has 3 heteroatoms. The second-order valence-corrected chi connectivity index (χ2v) is 4.56. The third kappa shape index (κ3) is 1.92. The van der Waals surface area contributed by atoms with Gasteiger partial charge in [-0.1, -0.05) is 13.3 Å². The zero-order valence-corrected chi connectivity index (χ0v) is 9.59. The number of rotatable bonds is 3. The van der Waals surface area contributed by atoms with Gasteiger partial charge in [0.05, 0.1) is 7.11 Å². The van der Waals surface area contributed by atoms with E-state index in [2.05, 4.69) is 26.1 Å². The minimum absolute atomic E-state index is 0.101. The van der Waals surface area contributed by atoms with Crippen LogP contribution in [0.2, 0.25) is 0 Å². The Morgan fingerprint density at radius 2 is 2.21 bits per heavy atom. The van der Waals surface area contributed by atoms with E-state index < -0.39 is 5.54 Å². The molecule has 0 bridgehead atoms. The molecule has 3 nitrogen and oxygen atoms in total. The maximum absolute atomic E-state index is 11.8. The topological polar surface area (TPSA) is 38.3 Å². The highest BCUT2D eigenvalue weighted by atomic mass is 16.5. The van der Waals surface area contributed by atoms with E-state index in [4.69, 9.17) is 4.74 Å². The van der Waals surface area contributed by atoms with Gasteiger partial charge in [0.2, 0.25) is 0 Å². The van der Waals surface area contributed by atoms with Crippen LogP contribution in [0, 0.1) is 5.92 Å². The van der Waals surface area contributed by atoms with Crippen LogP contribution in [0.1, 0.15) is 40.0 Å². The fraction of sp³-hybridized carbons (Fsp3) is 0.909. The third-order valence-electron chi connectivity index (χ3n) is 3.15. The molecule has 2 atom stereocenters. The van der Waals surface area contributed by atoms with Gasteiger partial charge < -0.3 is 4.74 Å². The van der Waals surface area contributed by atoms with Crippen molar-refractivity contribution in [2.45, 2.75) is 51.6 Å². The van der Waals surface area contributed by atoms with Gasteiger partial charge in [-0.15, -0.1) is 0 Å². The predicted molar refractivity (Wildman–Crippen MR) is 56.0 cm³/mol. The number of hydrogen-bond acceptors (Lipinski definition) is 3. The fourth-order valence-corrected chi connectivity index (χ4v) is 2.45. The maximum atomic E-state index is 11.8. The van der Waals surface area contributed by atoms with Gasteiger partial charge in [0.15, 0.2) is 0 Å². The molecule has 1 N–H and O–H groups in total. The lowest BCUT2D eigenvalue weighted by Crippen LogP contribution is -2.57. The zero-order valence-electron chi connectivity index (χ0n) is 9.59. The van der Waals surface area contributed by atoms with Crippen molar-refractivity contribution in [3.05, 3.63) is 0 Å². The Balaban J connectivity index is 2.83. The Morgan fingerprint density at radius 3 is 2.57 bits per heavy atom. The van der Waals surface area contributed by atoms with Crippen LogP contribution < -0.4 is 5.32 Å². The van der Waals surface area contributed by atoms with Gasteiger partial charge in [0.25, 0.3) is 0 Å². The number of hydrogen-bond donors (Lipinski definition) is 1. The molecule has 1 fully saturated rings. The molecule has 0 saturated heterocycles. The van der Waals surface area contributed by atoms with Crippen molar-refractivity contribution in [2.24, 2.45) is 5.92 Å². The van der Waals surface area contributed by atoms with Crippen LogP contribution in [-0.2, 0) is 9.53 Å². The number of methoxy groups -OCH3 is 1. The molecule has 0 amide bonds. The van der Waals surface area contributed by atoms with Crippen molar-refractivity contribution in [3.63, 3.8) is 0 Å². The van der Waals surface area contributed by atoms with Crippen molar-refractivity contribution in [1.29, 1.82) is 0 Å². The SMILES string of the molecule is COC(=O)C1(NC(C)C)CCCC1C. The van der Waals surface area contributed by atoms with E-state index in [1.807, 2.05) is 0 Å². The molecule has 14 heavy (non-hydrogen) atoms. The monoisotopic (exact) mass is 199 g/mol.